The molecule has 0 amide bonds. The molecule has 0 aromatic carbocycles. The van der Waals surface area contributed by atoms with Crippen LogP contribution in [0.15, 0.2) is 6.07 Å². The Bertz CT molecular complexity index is 378. The predicted octanol–water partition coefficient (Wildman–Crippen LogP) is 1.81. The SMILES string of the molecule is CC(=O)c1cc([N+](=O)[O-])c(C)nc1C. The summed E-state index contributed by atoms with van der Waals surface area (Å²) in [5, 5.41) is 10.6. The van der Waals surface area contributed by atoms with E-state index in [9.17, 15) is 14.9 Å². The molecule has 1 rings (SSSR count). The molecule has 0 N–H and O–H groups in total. The Hall–Kier alpha value is -1.78. The third-order valence-electron chi connectivity index (χ3n) is 1.95. The van der Waals surface area contributed by atoms with Crippen LogP contribution in [0.25, 0.3) is 0 Å². The number of ketones is 1. The highest BCUT2D eigenvalue weighted by atomic mass is 16.6. The molecule has 0 saturated carbocycles. The number of nitro groups is 1. The van der Waals surface area contributed by atoms with Gasteiger partial charge in [-0.15, -0.1) is 0 Å². The molecule has 5 heteroatoms. The van der Waals surface area contributed by atoms with Crippen LogP contribution in [-0.2, 0) is 0 Å². The summed E-state index contributed by atoms with van der Waals surface area (Å²) in [6, 6.07) is 1.28. The Morgan fingerprint density at radius 3 is 2.43 bits per heavy atom. The van der Waals surface area contributed by atoms with Gasteiger partial charge in [0.15, 0.2) is 5.78 Å². The van der Waals surface area contributed by atoms with Gasteiger partial charge in [-0.3, -0.25) is 19.9 Å². The summed E-state index contributed by atoms with van der Waals surface area (Å²) in [6.07, 6.45) is 0. The number of carbonyl (C=O) groups is 1. The van der Waals surface area contributed by atoms with E-state index in [0.29, 0.717) is 17.0 Å². The van der Waals surface area contributed by atoms with E-state index in [2.05, 4.69) is 4.98 Å². The third-order valence-corrected chi connectivity index (χ3v) is 1.95. The fourth-order valence-corrected chi connectivity index (χ4v) is 1.26. The van der Waals surface area contributed by atoms with Crippen molar-refractivity contribution < 1.29 is 9.72 Å². The van der Waals surface area contributed by atoms with Gasteiger partial charge in [-0.1, -0.05) is 0 Å². The van der Waals surface area contributed by atoms with Crippen molar-refractivity contribution in [3.8, 4) is 0 Å². The molecule has 0 saturated heterocycles. The van der Waals surface area contributed by atoms with Crippen LogP contribution in [0.1, 0.15) is 28.7 Å². The maximum absolute atomic E-state index is 11.1. The molecule has 0 fully saturated rings. The highest BCUT2D eigenvalue weighted by Crippen LogP contribution is 2.19. The molecule has 0 unspecified atom stereocenters. The van der Waals surface area contributed by atoms with E-state index in [-0.39, 0.29) is 11.5 Å². The Kier molecular flexibility index (Phi) is 2.60. The molecule has 1 aromatic heterocycles. The van der Waals surface area contributed by atoms with Crippen LogP contribution in [0.3, 0.4) is 0 Å². The minimum Gasteiger partial charge on any atom is -0.294 e. The lowest BCUT2D eigenvalue weighted by atomic mass is 10.1. The van der Waals surface area contributed by atoms with Crippen molar-refractivity contribution in [2.75, 3.05) is 0 Å². The molecule has 1 aromatic rings. The summed E-state index contributed by atoms with van der Waals surface area (Å²) < 4.78 is 0. The highest BCUT2D eigenvalue weighted by Gasteiger charge is 2.16. The second-order valence-corrected chi connectivity index (χ2v) is 3.04. The molecule has 0 aliphatic heterocycles. The molecule has 0 atom stereocenters. The second-order valence-electron chi connectivity index (χ2n) is 3.04. The standard InChI is InChI=1S/C9H10N2O3/c1-5-8(7(3)12)4-9(11(13)14)6(2)10-5/h4H,1-3H3. The summed E-state index contributed by atoms with van der Waals surface area (Å²) in [4.78, 5) is 25.1. The van der Waals surface area contributed by atoms with Gasteiger partial charge in [-0.2, -0.15) is 0 Å². The molecule has 14 heavy (non-hydrogen) atoms. The smallest absolute Gasteiger partial charge is 0.291 e. The summed E-state index contributed by atoms with van der Waals surface area (Å²) in [5.41, 5.74) is 1.06. The number of rotatable bonds is 2. The van der Waals surface area contributed by atoms with Gasteiger partial charge in [-0.05, 0) is 20.8 Å². The van der Waals surface area contributed by atoms with Crippen molar-refractivity contribution in [2.45, 2.75) is 20.8 Å². The minimum absolute atomic E-state index is 0.110. The van der Waals surface area contributed by atoms with E-state index >= 15 is 0 Å². The summed E-state index contributed by atoms with van der Waals surface area (Å²) in [7, 11) is 0. The van der Waals surface area contributed by atoms with E-state index in [1.54, 1.807) is 13.8 Å². The second kappa shape index (κ2) is 3.53. The Morgan fingerprint density at radius 2 is 2.00 bits per heavy atom. The van der Waals surface area contributed by atoms with Crippen LogP contribution in [0.4, 0.5) is 5.69 Å². The van der Waals surface area contributed by atoms with E-state index in [0.717, 1.165) is 0 Å². The van der Waals surface area contributed by atoms with Crippen LogP contribution in [0, 0.1) is 24.0 Å². The number of aryl methyl sites for hydroxylation is 2. The van der Waals surface area contributed by atoms with Gasteiger partial charge in [0.2, 0.25) is 0 Å². The minimum atomic E-state index is -0.534. The third kappa shape index (κ3) is 1.76. The first-order chi connectivity index (χ1) is 6.43. The van der Waals surface area contributed by atoms with Crippen molar-refractivity contribution in [3.63, 3.8) is 0 Å². The normalized spacial score (nSPS) is 9.93. The van der Waals surface area contributed by atoms with E-state index < -0.39 is 4.92 Å². The van der Waals surface area contributed by atoms with Gasteiger partial charge >= 0.3 is 0 Å². The number of Topliss-reactive ketones (excluding diaryl/α,β-unsaturated/α-hetero) is 1. The predicted molar refractivity (Wildman–Crippen MR) is 50.4 cm³/mol. The van der Waals surface area contributed by atoms with Crippen molar-refractivity contribution in [1.82, 2.24) is 4.98 Å². The zero-order valence-corrected chi connectivity index (χ0v) is 8.20. The molecule has 0 radical (unpaired) electrons. The monoisotopic (exact) mass is 194 g/mol. The largest absolute Gasteiger partial charge is 0.294 e. The molecule has 0 aliphatic rings. The molecule has 0 aliphatic carbocycles. The molecule has 0 bridgehead atoms. The lowest BCUT2D eigenvalue weighted by Crippen LogP contribution is -2.03. The number of carbonyl (C=O) groups excluding carboxylic acids is 1. The van der Waals surface area contributed by atoms with Crippen molar-refractivity contribution in [2.24, 2.45) is 0 Å². The topological polar surface area (TPSA) is 73.1 Å². The molecule has 1 heterocycles. The zero-order chi connectivity index (χ0) is 10.9. The summed E-state index contributed by atoms with van der Waals surface area (Å²) in [6.45, 7) is 4.57. The van der Waals surface area contributed by atoms with Crippen LogP contribution < -0.4 is 0 Å². The lowest BCUT2D eigenvalue weighted by molar-refractivity contribution is -0.385. The van der Waals surface area contributed by atoms with E-state index in [4.69, 9.17) is 0 Å². The van der Waals surface area contributed by atoms with Crippen molar-refractivity contribution in [3.05, 3.63) is 33.1 Å². The number of hydrogen-bond donors (Lipinski definition) is 0. The summed E-state index contributed by atoms with van der Waals surface area (Å²) >= 11 is 0. The van der Waals surface area contributed by atoms with Crippen molar-refractivity contribution >= 4 is 11.5 Å². The first-order valence-electron chi connectivity index (χ1n) is 4.07. The number of pyridine rings is 1. The summed E-state index contributed by atoms with van der Waals surface area (Å²) in [5.74, 6) is -0.210. The van der Waals surface area contributed by atoms with Crippen LogP contribution in [-0.4, -0.2) is 15.7 Å². The van der Waals surface area contributed by atoms with Crippen molar-refractivity contribution in [1.29, 1.82) is 0 Å². The van der Waals surface area contributed by atoms with Gasteiger partial charge in [0.1, 0.15) is 5.69 Å². The van der Waals surface area contributed by atoms with E-state index in [1.165, 1.54) is 13.0 Å². The number of aromatic nitrogens is 1. The van der Waals surface area contributed by atoms with Gasteiger partial charge in [0.25, 0.3) is 5.69 Å². The van der Waals surface area contributed by atoms with Gasteiger partial charge < -0.3 is 0 Å². The average molecular weight is 194 g/mol. The Balaban J connectivity index is 3.42. The zero-order valence-electron chi connectivity index (χ0n) is 8.20. The molecular weight excluding hydrogens is 184 g/mol. The molecule has 74 valence electrons. The number of hydrogen-bond acceptors (Lipinski definition) is 4. The van der Waals surface area contributed by atoms with Gasteiger partial charge in [0.05, 0.1) is 4.92 Å². The molecule has 5 nitrogen and oxygen atoms in total. The van der Waals surface area contributed by atoms with Gasteiger partial charge in [-0.25, -0.2) is 0 Å². The Morgan fingerprint density at radius 1 is 1.43 bits per heavy atom. The fourth-order valence-electron chi connectivity index (χ4n) is 1.26. The lowest BCUT2D eigenvalue weighted by Gasteiger charge is -2.02. The maximum atomic E-state index is 11.1. The average Bonchev–Trinajstić information content (AvgIpc) is 2.02. The maximum Gasteiger partial charge on any atom is 0.291 e. The first-order valence-corrected chi connectivity index (χ1v) is 4.07. The van der Waals surface area contributed by atoms with E-state index in [1.807, 2.05) is 0 Å². The molecular formula is C9H10N2O3. The van der Waals surface area contributed by atoms with Crippen LogP contribution in [0.5, 0.6) is 0 Å². The van der Waals surface area contributed by atoms with Crippen LogP contribution >= 0.6 is 0 Å². The van der Waals surface area contributed by atoms with Crippen LogP contribution in [0.2, 0.25) is 0 Å². The first kappa shape index (κ1) is 10.3. The quantitative estimate of drug-likeness (QED) is 0.409. The fraction of sp³-hybridized carbons (Fsp3) is 0.333. The number of nitrogens with zero attached hydrogens (tertiary/aromatic N) is 2. The highest BCUT2D eigenvalue weighted by molar-refractivity contribution is 5.95. The van der Waals surface area contributed by atoms with Gasteiger partial charge in [0, 0.05) is 17.3 Å². The molecule has 0 spiro atoms. The Labute approximate surface area is 80.9 Å².